The molecule has 0 spiro atoms. The lowest BCUT2D eigenvalue weighted by Crippen LogP contribution is -2.51. The number of hydrogen-bond acceptors (Lipinski definition) is 4. The zero-order valence-electron chi connectivity index (χ0n) is 11.9. The summed E-state index contributed by atoms with van der Waals surface area (Å²) in [5, 5.41) is 3.19. The smallest absolute Gasteiger partial charge is 0.228 e. The van der Waals surface area contributed by atoms with E-state index in [4.69, 9.17) is 21.7 Å². The maximum atomic E-state index is 11.9. The first-order valence-electron chi connectivity index (χ1n) is 7.04. The highest BCUT2D eigenvalue weighted by Gasteiger charge is 2.34. The molecular weight excluding hydrogens is 288 g/mol. The number of carbonyl (C=O) groups excluding carboxylic acids is 1. The second-order valence-corrected chi connectivity index (χ2v) is 5.58. The van der Waals surface area contributed by atoms with Crippen molar-refractivity contribution < 1.29 is 14.3 Å². The van der Waals surface area contributed by atoms with Crippen LogP contribution < -0.4 is 10.1 Å². The number of ether oxygens (including phenoxy) is 2. The molecule has 0 aromatic heterocycles. The molecule has 3 rings (SSSR count). The largest absolute Gasteiger partial charge is 0.493 e. The fourth-order valence-corrected chi connectivity index (χ4v) is 3.23. The summed E-state index contributed by atoms with van der Waals surface area (Å²) in [5.41, 5.74) is 2.24. The van der Waals surface area contributed by atoms with Crippen molar-refractivity contribution in [2.45, 2.75) is 18.9 Å². The summed E-state index contributed by atoms with van der Waals surface area (Å²) in [7, 11) is 1.66. The highest BCUT2D eigenvalue weighted by Crippen LogP contribution is 2.38. The fourth-order valence-electron chi connectivity index (χ4n) is 2.90. The molecule has 1 atom stereocenters. The molecule has 0 radical (unpaired) electrons. The van der Waals surface area contributed by atoms with E-state index in [0.717, 1.165) is 17.7 Å². The Labute approximate surface area is 129 Å². The molecule has 1 saturated heterocycles. The lowest BCUT2D eigenvalue weighted by Gasteiger charge is -2.37. The third-order valence-electron chi connectivity index (χ3n) is 3.90. The number of hydrogen-bond donors (Lipinski definition) is 1. The van der Waals surface area contributed by atoms with Crippen LogP contribution in [0.5, 0.6) is 5.75 Å². The van der Waals surface area contributed by atoms with Crippen LogP contribution in [-0.4, -0.2) is 42.8 Å². The van der Waals surface area contributed by atoms with Crippen LogP contribution in [0.1, 0.15) is 23.6 Å². The Morgan fingerprint density at radius 2 is 2.38 bits per heavy atom. The zero-order chi connectivity index (χ0) is 14.8. The van der Waals surface area contributed by atoms with Crippen molar-refractivity contribution in [2.24, 2.45) is 0 Å². The van der Waals surface area contributed by atoms with Gasteiger partial charge in [-0.2, -0.15) is 0 Å². The van der Waals surface area contributed by atoms with E-state index in [9.17, 15) is 4.79 Å². The molecule has 0 saturated carbocycles. The van der Waals surface area contributed by atoms with E-state index in [1.807, 2.05) is 17.0 Å². The maximum absolute atomic E-state index is 11.9. The van der Waals surface area contributed by atoms with Crippen molar-refractivity contribution in [3.8, 4) is 5.75 Å². The van der Waals surface area contributed by atoms with Gasteiger partial charge in [-0.25, -0.2) is 0 Å². The summed E-state index contributed by atoms with van der Waals surface area (Å²) in [4.78, 5) is 13.9. The van der Waals surface area contributed by atoms with Crippen LogP contribution in [0, 0.1) is 0 Å². The molecule has 1 N–H and O–H groups in total. The van der Waals surface area contributed by atoms with Gasteiger partial charge < -0.3 is 19.7 Å². The molecule has 0 bridgehead atoms. The number of para-hydroxylation sites is 1. The van der Waals surface area contributed by atoms with Crippen molar-refractivity contribution in [3.63, 3.8) is 0 Å². The highest BCUT2D eigenvalue weighted by molar-refractivity contribution is 7.80. The Bertz CT molecular complexity index is 576. The Hall–Kier alpha value is -1.66. The molecule has 2 aliphatic rings. The summed E-state index contributed by atoms with van der Waals surface area (Å²) >= 11 is 5.32. The number of rotatable bonds is 4. The number of nitrogens with one attached hydrogen (secondary N) is 1. The van der Waals surface area contributed by atoms with Crippen LogP contribution in [0.3, 0.4) is 0 Å². The van der Waals surface area contributed by atoms with Gasteiger partial charge in [-0.15, -0.1) is 0 Å². The van der Waals surface area contributed by atoms with Gasteiger partial charge in [0.05, 0.1) is 25.7 Å². The van der Waals surface area contributed by atoms with E-state index in [1.165, 1.54) is 5.56 Å². The zero-order valence-corrected chi connectivity index (χ0v) is 12.7. The lowest BCUT2D eigenvalue weighted by atomic mass is 9.97. The van der Waals surface area contributed by atoms with Crippen molar-refractivity contribution in [2.75, 3.05) is 26.9 Å². The molecule has 1 fully saturated rings. The average Bonchev–Trinajstić information content (AvgIpc) is 2.94. The molecule has 1 aromatic carbocycles. The fraction of sp³-hybridized carbons (Fsp3) is 0.467. The SMILES string of the molecule is COCCN1C(=S)NC(=O)CC1c1cccc2c1OCC2. The number of methoxy groups -OCH3 is 1. The van der Waals surface area contributed by atoms with Crippen LogP contribution >= 0.6 is 12.2 Å². The molecule has 6 heteroatoms. The number of amides is 1. The molecule has 21 heavy (non-hydrogen) atoms. The molecule has 112 valence electrons. The van der Waals surface area contributed by atoms with Gasteiger partial charge in [0.15, 0.2) is 5.11 Å². The molecule has 1 amide bonds. The quantitative estimate of drug-likeness (QED) is 0.853. The normalized spacial score (nSPS) is 21.0. The molecule has 1 unspecified atom stereocenters. The van der Waals surface area contributed by atoms with E-state index in [2.05, 4.69) is 11.4 Å². The molecular formula is C15H18N2O3S. The van der Waals surface area contributed by atoms with Crippen LogP contribution in [0.25, 0.3) is 0 Å². The van der Waals surface area contributed by atoms with E-state index in [0.29, 0.717) is 31.3 Å². The van der Waals surface area contributed by atoms with Crippen molar-refractivity contribution in [1.29, 1.82) is 0 Å². The standard InChI is InChI=1S/C15H18N2O3S/c1-19-8-6-17-12(9-13(18)16-15(17)21)11-4-2-3-10-5-7-20-14(10)11/h2-4,12H,5-9H2,1H3,(H,16,18,21). The Morgan fingerprint density at radius 1 is 1.52 bits per heavy atom. The first-order valence-corrected chi connectivity index (χ1v) is 7.45. The number of nitrogens with zero attached hydrogens (tertiary/aromatic N) is 1. The van der Waals surface area contributed by atoms with Crippen molar-refractivity contribution >= 4 is 23.2 Å². The number of carbonyl (C=O) groups is 1. The molecule has 2 aliphatic heterocycles. The monoisotopic (exact) mass is 306 g/mol. The predicted octanol–water partition coefficient (Wildman–Crippen LogP) is 1.42. The predicted molar refractivity (Wildman–Crippen MR) is 82.3 cm³/mol. The minimum absolute atomic E-state index is 0.0470. The third kappa shape index (κ3) is 2.73. The van der Waals surface area contributed by atoms with Crippen molar-refractivity contribution in [1.82, 2.24) is 10.2 Å². The van der Waals surface area contributed by atoms with Crippen LogP contribution in [0.2, 0.25) is 0 Å². The van der Waals surface area contributed by atoms with Gasteiger partial charge in [-0.05, 0) is 17.8 Å². The van der Waals surface area contributed by atoms with Gasteiger partial charge in [0.25, 0.3) is 0 Å². The van der Waals surface area contributed by atoms with Gasteiger partial charge in [0.2, 0.25) is 5.91 Å². The summed E-state index contributed by atoms with van der Waals surface area (Å²) in [6, 6.07) is 6.03. The van der Waals surface area contributed by atoms with Gasteiger partial charge in [-0.3, -0.25) is 4.79 Å². The summed E-state index contributed by atoms with van der Waals surface area (Å²) in [5.74, 6) is 0.872. The van der Waals surface area contributed by atoms with E-state index >= 15 is 0 Å². The number of thiocarbonyl (C=S) groups is 1. The van der Waals surface area contributed by atoms with E-state index in [-0.39, 0.29) is 11.9 Å². The Balaban J connectivity index is 1.95. The minimum atomic E-state index is -0.0885. The van der Waals surface area contributed by atoms with E-state index in [1.54, 1.807) is 7.11 Å². The van der Waals surface area contributed by atoms with Crippen LogP contribution in [-0.2, 0) is 16.0 Å². The topological polar surface area (TPSA) is 50.8 Å². The first kappa shape index (κ1) is 14.3. The number of fused-ring (bicyclic) bond motifs is 1. The van der Waals surface area contributed by atoms with Gasteiger partial charge >= 0.3 is 0 Å². The van der Waals surface area contributed by atoms with Gasteiger partial charge in [-0.1, -0.05) is 18.2 Å². The summed E-state index contributed by atoms with van der Waals surface area (Å²) < 4.78 is 10.9. The number of benzene rings is 1. The molecule has 0 aliphatic carbocycles. The van der Waals surface area contributed by atoms with Gasteiger partial charge in [0, 0.05) is 25.6 Å². The van der Waals surface area contributed by atoms with Crippen LogP contribution in [0.15, 0.2) is 18.2 Å². The van der Waals surface area contributed by atoms with E-state index < -0.39 is 0 Å². The van der Waals surface area contributed by atoms with Gasteiger partial charge in [0.1, 0.15) is 5.75 Å². The molecule has 5 nitrogen and oxygen atoms in total. The second kappa shape index (κ2) is 5.99. The summed E-state index contributed by atoms with van der Waals surface area (Å²) in [6.45, 7) is 1.90. The lowest BCUT2D eigenvalue weighted by molar-refractivity contribution is -0.122. The Kier molecular flexibility index (Phi) is 4.07. The highest BCUT2D eigenvalue weighted by atomic mass is 32.1. The second-order valence-electron chi connectivity index (χ2n) is 5.19. The third-order valence-corrected chi connectivity index (χ3v) is 4.24. The van der Waals surface area contributed by atoms with Crippen molar-refractivity contribution in [3.05, 3.63) is 29.3 Å². The molecule has 1 aromatic rings. The average molecular weight is 306 g/mol. The maximum Gasteiger partial charge on any atom is 0.228 e. The first-order chi connectivity index (χ1) is 10.2. The molecule has 2 heterocycles. The Morgan fingerprint density at radius 3 is 3.19 bits per heavy atom. The summed E-state index contributed by atoms with van der Waals surface area (Å²) in [6.07, 6.45) is 1.30. The van der Waals surface area contributed by atoms with Crippen LogP contribution in [0.4, 0.5) is 0 Å². The minimum Gasteiger partial charge on any atom is -0.493 e.